The molecule has 5 N–H and O–H groups in total. The van der Waals surface area contributed by atoms with Gasteiger partial charge >= 0.3 is 5.97 Å². The number of aromatic hydroxyl groups is 1. The number of aliphatic carboxylic acids is 1. The highest BCUT2D eigenvalue weighted by Crippen LogP contribution is 2.36. The monoisotopic (exact) mass is 417 g/mol. The van der Waals surface area contributed by atoms with Gasteiger partial charge < -0.3 is 15.5 Å². The van der Waals surface area contributed by atoms with Crippen LogP contribution in [-0.2, 0) is 29.8 Å². The van der Waals surface area contributed by atoms with Crippen molar-refractivity contribution in [1.29, 1.82) is 0 Å². The molecule has 0 saturated heterocycles. The Labute approximate surface area is 152 Å². The standard InChI is InChI=1S/C14H11NO10S2/c16-11-6-9(27(23,24)25)4-7-3-8(26(20,21)22)5-10(14(7)11)15-12(17)1-2-13(18)19/h1-6,16H,(H,15,17)(H,18,19)(H,20,21,22)(H,23,24,25). The maximum Gasteiger partial charge on any atom is 0.328 e. The minimum atomic E-state index is -4.80. The van der Waals surface area contributed by atoms with E-state index in [1.54, 1.807) is 0 Å². The summed E-state index contributed by atoms with van der Waals surface area (Å²) in [5.74, 6) is -3.17. The number of phenolic OH excluding ortho intramolecular Hbond substituents is 1. The second-order valence-electron chi connectivity index (χ2n) is 5.12. The van der Waals surface area contributed by atoms with Crippen molar-refractivity contribution in [3.05, 3.63) is 36.4 Å². The lowest BCUT2D eigenvalue weighted by Crippen LogP contribution is -2.10. The van der Waals surface area contributed by atoms with E-state index in [-0.39, 0.29) is 16.5 Å². The molecular weight excluding hydrogens is 406 g/mol. The van der Waals surface area contributed by atoms with E-state index in [1.807, 2.05) is 0 Å². The minimum Gasteiger partial charge on any atom is -0.507 e. The Kier molecular flexibility index (Phi) is 5.23. The number of hydrogen-bond acceptors (Lipinski definition) is 7. The van der Waals surface area contributed by atoms with Gasteiger partial charge in [0.15, 0.2) is 0 Å². The number of anilines is 1. The summed E-state index contributed by atoms with van der Waals surface area (Å²) in [6, 6.07) is 3.05. The predicted octanol–water partition coefficient (Wildman–Crippen LogP) is 0.618. The van der Waals surface area contributed by atoms with Gasteiger partial charge in [0.25, 0.3) is 20.2 Å². The van der Waals surface area contributed by atoms with Gasteiger partial charge in [-0.15, -0.1) is 0 Å². The van der Waals surface area contributed by atoms with Gasteiger partial charge in [0.05, 0.1) is 15.5 Å². The van der Waals surface area contributed by atoms with Crippen LogP contribution in [0.4, 0.5) is 5.69 Å². The first-order valence-corrected chi connectivity index (χ1v) is 9.65. The summed E-state index contributed by atoms with van der Waals surface area (Å²) in [4.78, 5) is 20.7. The zero-order valence-electron chi connectivity index (χ0n) is 13.0. The van der Waals surface area contributed by atoms with Gasteiger partial charge in [-0.05, 0) is 23.6 Å². The van der Waals surface area contributed by atoms with Crippen LogP contribution in [-0.4, -0.2) is 48.0 Å². The molecule has 0 atom stereocenters. The number of carbonyl (C=O) groups is 2. The average Bonchev–Trinajstić information content (AvgIpc) is 2.50. The molecule has 27 heavy (non-hydrogen) atoms. The van der Waals surface area contributed by atoms with Crippen LogP contribution >= 0.6 is 0 Å². The molecule has 0 saturated carbocycles. The summed E-state index contributed by atoms with van der Waals surface area (Å²) < 4.78 is 63.7. The molecule has 144 valence electrons. The molecule has 0 fully saturated rings. The van der Waals surface area contributed by atoms with Crippen LogP contribution in [0.15, 0.2) is 46.2 Å². The molecule has 2 aromatic rings. The first-order chi connectivity index (χ1) is 12.3. The smallest absolute Gasteiger partial charge is 0.328 e. The summed E-state index contributed by atoms with van der Waals surface area (Å²) in [6.07, 6.45) is 1.11. The van der Waals surface area contributed by atoms with Gasteiger partial charge in [0, 0.05) is 23.6 Å². The van der Waals surface area contributed by atoms with Crippen molar-refractivity contribution < 1.29 is 45.7 Å². The van der Waals surface area contributed by atoms with Crippen LogP contribution in [0.5, 0.6) is 5.75 Å². The van der Waals surface area contributed by atoms with Crippen molar-refractivity contribution in [3.8, 4) is 5.75 Å². The Morgan fingerprint density at radius 1 is 0.889 bits per heavy atom. The lowest BCUT2D eigenvalue weighted by molar-refractivity contribution is -0.131. The van der Waals surface area contributed by atoms with Crippen LogP contribution in [0, 0.1) is 0 Å². The quantitative estimate of drug-likeness (QED) is 0.340. The van der Waals surface area contributed by atoms with Crippen LogP contribution in [0.2, 0.25) is 0 Å². The molecule has 0 aliphatic heterocycles. The summed E-state index contributed by atoms with van der Waals surface area (Å²) in [6.45, 7) is 0. The summed E-state index contributed by atoms with van der Waals surface area (Å²) in [5.41, 5.74) is -0.362. The van der Waals surface area contributed by atoms with Crippen molar-refractivity contribution in [1.82, 2.24) is 0 Å². The molecule has 0 aliphatic carbocycles. The number of carboxylic acid groups (broad SMARTS) is 1. The van der Waals surface area contributed by atoms with Crippen molar-refractivity contribution in [3.63, 3.8) is 0 Å². The molecule has 0 aliphatic rings. The Morgan fingerprint density at radius 2 is 1.41 bits per heavy atom. The lowest BCUT2D eigenvalue weighted by Gasteiger charge is -2.12. The van der Waals surface area contributed by atoms with Crippen LogP contribution < -0.4 is 5.32 Å². The summed E-state index contributed by atoms with van der Waals surface area (Å²) in [7, 11) is -9.55. The van der Waals surface area contributed by atoms with E-state index < -0.39 is 47.7 Å². The van der Waals surface area contributed by atoms with E-state index in [4.69, 9.17) is 9.66 Å². The third-order valence-electron chi connectivity index (χ3n) is 3.21. The molecule has 13 heteroatoms. The normalized spacial score (nSPS) is 12.4. The van der Waals surface area contributed by atoms with Crippen LogP contribution in [0.25, 0.3) is 10.8 Å². The maximum atomic E-state index is 11.8. The van der Waals surface area contributed by atoms with Crippen molar-refractivity contribution in [2.45, 2.75) is 9.79 Å². The molecule has 0 unspecified atom stereocenters. The zero-order valence-corrected chi connectivity index (χ0v) is 14.7. The lowest BCUT2D eigenvalue weighted by atomic mass is 10.1. The van der Waals surface area contributed by atoms with Gasteiger partial charge in [0.2, 0.25) is 5.91 Å². The van der Waals surface area contributed by atoms with Gasteiger partial charge in [-0.25, -0.2) is 4.79 Å². The molecular formula is C14H11NO10S2. The van der Waals surface area contributed by atoms with Gasteiger partial charge in [-0.1, -0.05) is 0 Å². The number of benzene rings is 2. The van der Waals surface area contributed by atoms with Crippen LogP contribution in [0.1, 0.15) is 0 Å². The fourth-order valence-electron chi connectivity index (χ4n) is 2.16. The Balaban J connectivity index is 2.77. The zero-order chi connectivity index (χ0) is 20.6. The third kappa shape index (κ3) is 4.79. The molecule has 2 aromatic carbocycles. The van der Waals surface area contributed by atoms with Gasteiger partial charge in [-0.3, -0.25) is 13.9 Å². The van der Waals surface area contributed by atoms with E-state index in [1.165, 1.54) is 0 Å². The molecule has 0 aromatic heterocycles. The molecule has 0 bridgehead atoms. The number of phenols is 1. The first-order valence-electron chi connectivity index (χ1n) is 6.77. The summed E-state index contributed by atoms with van der Waals surface area (Å²) >= 11 is 0. The minimum absolute atomic E-state index is 0.216. The highest BCUT2D eigenvalue weighted by Gasteiger charge is 2.20. The highest BCUT2D eigenvalue weighted by molar-refractivity contribution is 7.86. The fraction of sp³-hybridized carbons (Fsp3) is 0. The van der Waals surface area contributed by atoms with Crippen LogP contribution in [0.3, 0.4) is 0 Å². The second kappa shape index (κ2) is 6.96. The van der Waals surface area contributed by atoms with Gasteiger partial charge in [-0.2, -0.15) is 16.8 Å². The number of nitrogens with one attached hydrogen (secondary N) is 1. The average molecular weight is 417 g/mol. The molecule has 11 nitrogen and oxygen atoms in total. The van der Waals surface area contributed by atoms with Crippen molar-refractivity contribution >= 4 is 48.6 Å². The Hall–Kier alpha value is -3.00. The van der Waals surface area contributed by atoms with Crippen molar-refractivity contribution in [2.75, 3.05) is 5.32 Å². The molecule has 0 spiro atoms. The van der Waals surface area contributed by atoms with Crippen molar-refractivity contribution in [2.24, 2.45) is 0 Å². The SMILES string of the molecule is O=C(O)C=CC(=O)Nc1cc(S(=O)(=O)O)cc2cc(S(=O)(=O)O)cc(O)c12. The van der Waals surface area contributed by atoms with E-state index in [2.05, 4.69) is 5.32 Å². The molecule has 2 rings (SSSR count). The predicted molar refractivity (Wildman–Crippen MR) is 90.6 cm³/mol. The number of rotatable bonds is 5. The fourth-order valence-corrected chi connectivity index (χ4v) is 3.24. The Bertz CT molecular complexity index is 1190. The largest absolute Gasteiger partial charge is 0.507 e. The first kappa shape index (κ1) is 20.3. The topological polar surface area (TPSA) is 195 Å². The molecule has 0 radical (unpaired) electrons. The number of carboxylic acids is 1. The van der Waals surface area contributed by atoms with E-state index in [9.17, 15) is 36.1 Å². The molecule has 0 heterocycles. The highest BCUT2D eigenvalue weighted by atomic mass is 32.2. The second-order valence-corrected chi connectivity index (χ2v) is 7.97. The van der Waals surface area contributed by atoms with E-state index in [0.29, 0.717) is 18.2 Å². The number of fused-ring (bicyclic) bond motifs is 1. The number of hydrogen-bond donors (Lipinski definition) is 5. The van der Waals surface area contributed by atoms with E-state index >= 15 is 0 Å². The maximum absolute atomic E-state index is 11.8. The van der Waals surface area contributed by atoms with E-state index in [0.717, 1.165) is 18.2 Å². The van der Waals surface area contributed by atoms with Gasteiger partial charge in [0.1, 0.15) is 5.75 Å². The molecule has 1 amide bonds. The number of amides is 1. The summed E-state index contributed by atoms with van der Waals surface area (Å²) in [5, 5.41) is 20.2. The number of carbonyl (C=O) groups excluding carboxylic acids is 1. The Morgan fingerprint density at radius 3 is 1.89 bits per heavy atom. The third-order valence-corrected chi connectivity index (χ3v) is 4.87.